The van der Waals surface area contributed by atoms with Crippen LogP contribution in [0, 0.1) is 0 Å². The third-order valence-electron chi connectivity index (χ3n) is 2.33. The molecule has 0 fully saturated rings. The van der Waals surface area contributed by atoms with Crippen molar-refractivity contribution in [3.63, 3.8) is 0 Å². The first-order valence-corrected chi connectivity index (χ1v) is 5.61. The zero-order valence-electron chi connectivity index (χ0n) is 10.6. The van der Waals surface area contributed by atoms with Gasteiger partial charge in [-0.3, -0.25) is 0 Å². The summed E-state index contributed by atoms with van der Waals surface area (Å²) in [6.45, 7) is 2.96. The molecule has 1 aromatic rings. The largest absolute Gasteiger partial charge is 0.477 e. The van der Waals surface area contributed by atoms with E-state index in [0.717, 1.165) is 13.1 Å². The minimum absolute atomic E-state index is 0.0137. The van der Waals surface area contributed by atoms with Crippen LogP contribution in [0.2, 0.25) is 0 Å². The Morgan fingerprint density at radius 3 is 3.00 bits per heavy atom. The molecule has 0 amide bonds. The molecule has 7 heteroatoms. The fourth-order valence-electron chi connectivity index (χ4n) is 1.28. The van der Waals surface area contributed by atoms with Crippen molar-refractivity contribution in [2.24, 2.45) is 0 Å². The molecule has 0 atom stereocenters. The molecule has 0 aliphatic carbocycles. The van der Waals surface area contributed by atoms with E-state index in [9.17, 15) is 4.79 Å². The molecule has 2 N–H and O–H groups in total. The summed E-state index contributed by atoms with van der Waals surface area (Å²) in [7, 11) is 3.65. The molecule has 1 aromatic heterocycles. The molecule has 0 saturated heterocycles. The maximum Gasteiger partial charge on any atom is 0.354 e. The van der Waals surface area contributed by atoms with Gasteiger partial charge in [-0.05, 0) is 13.1 Å². The van der Waals surface area contributed by atoms with Crippen LogP contribution in [0.15, 0.2) is 12.3 Å². The van der Waals surface area contributed by atoms with Crippen molar-refractivity contribution < 1.29 is 14.6 Å². The highest BCUT2D eigenvalue weighted by Crippen LogP contribution is 1.99. The Balaban J connectivity index is 2.35. The fourth-order valence-corrected chi connectivity index (χ4v) is 1.28. The Kier molecular flexibility index (Phi) is 6.03. The van der Waals surface area contributed by atoms with Crippen molar-refractivity contribution in [2.45, 2.75) is 0 Å². The van der Waals surface area contributed by atoms with Crippen molar-refractivity contribution in [1.82, 2.24) is 14.9 Å². The molecular formula is C11H18N4O3. The van der Waals surface area contributed by atoms with Crippen LogP contribution in [0.4, 0.5) is 5.95 Å². The number of hydrogen-bond acceptors (Lipinski definition) is 6. The number of carboxylic acids is 1. The third-order valence-corrected chi connectivity index (χ3v) is 2.33. The summed E-state index contributed by atoms with van der Waals surface area (Å²) in [5.74, 6) is -0.729. The van der Waals surface area contributed by atoms with Gasteiger partial charge < -0.3 is 20.1 Å². The van der Waals surface area contributed by atoms with Gasteiger partial charge in [-0.2, -0.15) is 0 Å². The molecule has 0 unspecified atom stereocenters. The average molecular weight is 254 g/mol. The number of carbonyl (C=O) groups is 1. The topological polar surface area (TPSA) is 87.6 Å². The number of anilines is 1. The van der Waals surface area contributed by atoms with E-state index in [1.54, 1.807) is 7.11 Å². The van der Waals surface area contributed by atoms with Crippen molar-refractivity contribution in [3.8, 4) is 0 Å². The molecule has 1 heterocycles. The Morgan fingerprint density at radius 1 is 1.56 bits per heavy atom. The SMILES string of the molecule is COCCN(C)CCNc1nccc(C(=O)O)n1. The molecule has 18 heavy (non-hydrogen) atoms. The number of methoxy groups -OCH3 is 1. The summed E-state index contributed by atoms with van der Waals surface area (Å²) in [6.07, 6.45) is 1.42. The van der Waals surface area contributed by atoms with Crippen LogP contribution in [0.3, 0.4) is 0 Å². The number of hydrogen-bond donors (Lipinski definition) is 2. The number of likely N-dealkylation sites (N-methyl/N-ethyl adjacent to an activating group) is 1. The lowest BCUT2D eigenvalue weighted by Crippen LogP contribution is -2.28. The lowest BCUT2D eigenvalue weighted by Gasteiger charge is -2.16. The molecule has 0 aliphatic rings. The molecule has 7 nitrogen and oxygen atoms in total. The first-order valence-electron chi connectivity index (χ1n) is 5.61. The predicted molar refractivity (Wildman–Crippen MR) is 66.9 cm³/mol. The summed E-state index contributed by atoms with van der Waals surface area (Å²) in [4.78, 5) is 20.6. The summed E-state index contributed by atoms with van der Waals surface area (Å²) in [6, 6.07) is 1.36. The number of aromatic nitrogens is 2. The van der Waals surface area contributed by atoms with Gasteiger partial charge in [0.25, 0.3) is 0 Å². The lowest BCUT2D eigenvalue weighted by molar-refractivity contribution is 0.0690. The van der Waals surface area contributed by atoms with Crippen LogP contribution < -0.4 is 5.32 Å². The van der Waals surface area contributed by atoms with Crippen molar-refractivity contribution in [2.75, 3.05) is 45.7 Å². The Bertz CT molecular complexity index is 386. The van der Waals surface area contributed by atoms with E-state index >= 15 is 0 Å². The quantitative estimate of drug-likeness (QED) is 0.683. The smallest absolute Gasteiger partial charge is 0.354 e. The van der Waals surface area contributed by atoms with E-state index in [4.69, 9.17) is 9.84 Å². The van der Waals surface area contributed by atoms with Crippen LogP contribution in [-0.4, -0.2) is 66.3 Å². The number of carboxylic acid groups (broad SMARTS) is 1. The maximum absolute atomic E-state index is 10.7. The number of aromatic carboxylic acids is 1. The zero-order valence-corrected chi connectivity index (χ0v) is 10.6. The van der Waals surface area contributed by atoms with Crippen molar-refractivity contribution in [1.29, 1.82) is 0 Å². The minimum Gasteiger partial charge on any atom is -0.477 e. The molecular weight excluding hydrogens is 236 g/mol. The van der Waals surface area contributed by atoms with E-state index in [1.165, 1.54) is 12.3 Å². The first-order chi connectivity index (χ1) is 8.63. The molecule has 0 radical (unpaired) electrons. The monoisotopic (exact) mass is 254 g/mol. The van der Waals surface area contributed by atoms with Gasteiger partial charge in [0.05, 0.1) is 6.61 Å². The molecule has 1 rings (SSSR count). The highest BCUT2D eigenvalue weighted by Gasteiger charge is 2.05. The van der Waals surface area contributed by atoms with Crippen LogP contribution >= 0.6 is 0 Å². The standard InChI is InChI=1S/C11H18N4O3/c1-15(7-8-18-2)6-5-13-11-12-4-3-9(14-11)10(16)17/h3-4H,5-8H2,1-2H3,(H,16,17)(H,12,13,14). The molecule has 0 spiro atoms. The molecule has 0 bridgehead atoms. The lowest BCUT2D eigenvalue weighted by atomic mass is 10.4. The first kappa shape index (κ1) is 14.3. The minimum atomic E-state index is -1.06. The summed E-state index contributed by atoms with van der Waals surface area (Å²) < 4.78 is 4.97. The van der Waals surface area contributed by atoms with Crippen molar-refractivity contribution in [3.05, 3.63) is 18.0 Å². The fraction of sp³-hybridized carbons (Fsp3) is 0.545. The van der Waals surface area contributed by atoms with Crippen LogP contribution in [-0.2, 0) is 4.74 Å². The van der Waals surface area contributed by atoms with E-state index in [0.29, 0.717) is 19.1 Å². The second kappa shape index (κ2) is 7.57. The van der Waals surface area contributed by atoms with E-state index in [1.807, 2.05) is 7.05 Å². The molecule has 0 aliphatic heterocycles. The second-order valence-corrected chi connectivity index (χ2v) is 3.79. The molecule has 0 aromatic carbocycles. The van der Waals surface area contributed by atoms with Crippen LogP contribution in [0.5, 0.6) is 0 Å². The highest BCUT2D eigenvalue weighted by atomic mass is 16.5. The van der Waals surface area contributed by atoms with Gasteiger partial charge >= 0.3 is 5.97 Å². The normalized spacial score (nSPS) is 10.6. The second-order valence-electron chi connectivity index (χ2n) is 3.79. The van der Waals surface area contributed by atoms with E-state index in [-0.39, 0.29) is 5.69 Å². The van der Waals surface area contributed by atoms with Gasteiger partial charge in [0.2, 0.25) is 5.95 Å². The van der Waals surface area contributed by atoms with Gasteiger partial charge in [0, 0.05) is 32.9 Å². The van der Waals surface area contributed by atoms with Crippen LogP contribution in [0.1, 0.15) is 10.5 Å². The van der Waals surface area contributed by atoms with Gasteiger partial charge in [-0.25, -0.2) is 14.8 Å². The van der Waals surface area contributed by atoms with Gasteiger partial charge in [0.15, 0.2) is 5.69 Å². The van der Waals surface area contributed by atoms with Gasteiger partial charge in [0.1, 0.15) is 0 Å². The molecule has 100 valence electrons. The predicted octanol–water partition coefficient (Wildman–Crippen LogP) is 0.165. The number of ether oxygens (including phenoxy) is 1. The Morgan fingerprint density at radius 2 is 2.33 bits per heavy atom. The average Bonchev–Trinajstić information content (AvgIpc) is 2.36. The van der Waals surface area contributed by atoms with E-state index in [2.05, 4.69) is 20.2 Å². The number of nitrogens with one attached hydrogen (secondary N) is 1. The Hall–Kier alpha value is -1.73. The number of nitrogens with zero attached hydrogens (tertiary/aromatic N) is 3. The highest BCUT2D eigenvalue weighted by molar-refractivity contribution is 5.85. The summed E-state index contributed by atoms with van der Waals surface area (Å²) in [5.41, 5.74) is -0.0137. The van der Waals surface area contributed by atoms with E-state index < -0.39 is 5.97 Å². The Labute approximate surface area is 106 Å². The zero-order chi connectivity index (χ0) is 13.4. The van der Waals surface area contributed by atoms with Crippen LogP contribution in [0.25, 0.3) is 0 Å². The van der Waals surface area contributed by atoms with Gasteiger partial charge in [-0.15, -0.1) is 0 Å². The van der Waals surface area contributed by atoms with Crippen molar-refractivity contribution >= 4 is 11.9 Å². The summed E-state index contributed by atoms with van der Waals surface area (Å²) >= 11 is 0. The number of rotatable bonds is 8. The maximum atomic E-state index is 10.7. The van der Waals surface area contributed by atoms with Gasteiger partial charge in [-0.1, -0.05) is 0 Å². The summed E-state index contributed by atoms with van der Waals surface area (Å²) in [5, 5.41) is 11.8. The third kappa shape index (κ3) is 5.07. The molecule has 0 saturated carbocycles.